The maximum absolute atomic E-state index is 12.5. The second-order valence-corrected chi connectivity index (χ2v) is 41.8. The Morgan fingerprint density at radius 3 is 1.00 bits per heavy atom. The van der Waals surface area contributed by atoms with Crippen LogP contribution in [0.15, 0.2) is 24.3 Å². The Labute approximate surface area is 644 Å². The van der Waals surface area contributed by atoms with Crippen LogP contribution in [0.3, 0.4) is 0 Å². The summed E-state index contributed by atoms with van der Waals surface area (Å²) >= 11 is 0. The van der Waals surface area contributed by atoms with Crippen molar-refractivity contribution in [3.63, 3.8) is 0 Å². The predicted molar refractivity (Wildman–Crippen MR) is 450 cm³/mol. The third-order valence-electron chi connectivity index (χ3n) is 18.7. The van der Waals surface area contributed by atoms with E-state index in [9.17, 15) is 33.9 Å². The summed E-state index contributed by atoms with van der Waals surface area (Å²) in [6.07, 6.45) is 0. The van der Waals surface area contributed by atoms with Crippen LogP contribution in [0.5, 0.6) is 0 Å². The van der Waals surface area contributed by atoms with Gasteiger partial charge in [-0.25, -0.2) is 0 Å². The molecule has 0 aliphatic heterocycles. The van der Waals surface area contributed by atoms with E-state index in [4.69, 9.17) is 0 Å². The smallest absolute Gasteiger partial charge is 0.232 e. The van der Waals surface area contributed by atoms with Gasteiger partial charge >= 0.3 is 0 Å². The van der Waals surface area contributed by atoms with Gasteiger partial charge in [0.15, 0.2) is 0 Å². The number of aliphatic hydroxyl groups excluding tert-OH is 1. The van der Waals surface area contributed by atoms with Crippen LogP contribution >= 0.6 is 0 Å². The number of hydrogen-bond donors (Lipinski definition) is 2. The molecule has 1 aromatic rings. The van der Waals surface area contributed by atoms with E-state index in [1.165, 1.54) is 0 Å². The third kappa shape index (κ3) is 43.6. The molecule has 0 aliphatic carbocycles. The second-order valence-electron chi connectivity index (χ2n) is 41.8. The lowest BCUT2D eigenvalue weighted by atomic mass is 9.91. The van der Waals surface area contributed by atoms with E-state index in [0.29, 0.717) is 6.54 Å². The molecule has 1 aromatic carbocycles. The highest BCUT2D eigenvalue weighted by molar-refractivity contribution is 5.99. The fraction of sp³-hybridized carbons (Fsp3) is 0.859. The van der Waals surface area contributed by atoms with E-state index in [2.05, 4.69) is 203 Å². The van der Waals surface area contributed by atoms with Gasteiger partial charge in [0.2, 0.25) is 35.4 Å². The van der Waals surface area contributed by atoms with Gasteiger partial charge in [-0.1, -0.05) is 137 Å². The van der Waals surface area contributed by atoms with E-state index >= 15 is 0 Å². The summed E-state index contributed by atoms with van der Waals surface area (Å²) in [6.45, 7) is 87.5. The first kappa shape index (κ1) is 108. The molecule has 0 aliphatic rings. The van der Waals surface area contributed by atoms with Gasteiger partial charge in [0.1, 0.15) is 0 Å². The molecule has 0 spiro atoms. The molecule has 0 saturated carbocycles. The molecular formula is C85H174N12O7. The van der Waals surface area contributed by atoms with Crippen molar-refractivity contribution >= 4 is 46.8 Å². The quantitative estimate of drug-likeness (QED) is 0.134. The molecule has 0 heterocycles. The molecule has 0 saturated heterocycles. The topological polar surface area (TPSA) is 170 Å². The van der Waals surface area contributed by atoms with Gasteiger partial charge in [0.25, 0.3) is 0 Å². The molecule has 2 N–H and O–H groups in total. The number of amides is 6. The van der Waals surface area contributed by atoms with E-state index in [1.807, 2.05) is 200 Å². The number of anilines is 2. The SMILES string of the molecule is CCN(CCN(C)C(C)(C)C)C(=O)C(C)(C)C.CN(C(=O)C(C)(C)C)C(CO)CN(C)C(C)(C)C.CN(C(=O)C(C)(C)C)c1ccccc1N(C)C(C)(C)C.CN(CC(C)(C)N(C)C(=O)C(C)(C)C)C(C)(C)C.CN(CCN(C)C(C)(C)C)C(=O)C(C)(C)C.CN(CCNC(C)(C)C)C(=O)C(C)(C)C. The highest BCUT2D eigenvalue weighted by Gasteiger charge is 2.38. The average Bonchev–Trinajstić information content (AvgIpc) is 0.810. The van der Waals surface area contributed by atoms with Gasteiger partial charge in [-0.2, -0.15) is 0 Å². The summed E-state index contributed by atoms with van der Waals surface area (Å²) in [5, 5.41) is 12.9. The van der Waals surface area contributed by atoms with Crippen LogP contribution in [0.4, 0.5) is 11.4 Å². The molecule has 104 heavy (non-hydrogen) atoms. The number of hydrogen-bond acceptors (Lipinski definition) is 13. The third-order valence-corrected chi connectivity index (χ3v) is 18.7. The second kappa shape index (κ2) is 42.5. The summed E-state index contributed by atoms with van der Waals surface area (Å²) in [5.74, 6) is 1.00. The van der Waals surface area contributed by atoms with Crippen LogP contribution in [0.25, 0.3) is 0 Å². The van der Waals surface area contributed by atoms with Crippen LogP contribution in [-0.2, 0) is 28.8 Å². The predicted octanol–water partition coefficient (Wildman–Crippen LogP) is 15.2. The van der Waals surface area contributed by atoms with Crippen LogP contribution in [0, 0.1) is 32.5 Å². The van der Waals surface area contributed by atoms with E-state index in [1.54, 1.807) is 21.7 Å². The van der Waals surface area contributed by atoms with E-state index in [0.717, 1.165) is 63.7 Å². The highest BCUT2D eigenvalue weighted by atomic mass is 16.3. The Morgan fingerprint density at radius 2 is 0.702 bits per heavy atom. The van der Waals surface area contributed by atoms with Crippen LogP contribution in [-0.4, -0.2) is 265 Å². The normalized spacial score (nSPS) is 13.3. The number of carbonyl (C=O) groups excluding carboxylic acids is 6. The average molecular weight is 1480 g/mol. The van der Waals surface area contributed by atoms with Gasteiger partial charge in [-0.05, 0) is 186 Å². The molecule has 0 aromatic heterocycles. The number of nitrogens with zero attached hydrogens (tertiary/aromatic N) is 11. The van der Waals surface area contributed by atoms with Crippen LogP contribution < -0.4 is 15.1 Å². The highest BCUT2D eigenvalue weighted by Crippen LogP contribution is 2.34. The Bertz CT molecular complexity index is 2680. The Morgan fingerprint density at radius 1 is 0.375 bits per heavy atom. The maximum atomic E-state index is 12.5. The van der Waals surface area contributed by atoms with Crippen molar-refractivity contribution in [3.05, 3.63) is 24.3 Å². The number of para-hydroxylation sites is 2. The van der Waals surface area contributed by atoms with Crippen LogP contribution in [0.2, 0.25) is 0 Å². The standard InChI is InChI=1S/C17H28N2O.C15H32N2O.C14H30N2O2.C14H30N2O.C13H28N2O.C12H26N2O/c1-16(2,3)15(20)18(7)13-11-9-10-12-14(13)19(8)17(4,5)6;1-13(2,3)12(18)17(10)15(7,8)11-16(9)14(4,5)6;1-13(2,3)12(18)16(8)11(10-17)9-15(7)14(4,5)6;1-9-16(12(17)13(2,3)4)11-10-15(8)14(5,6)7;1-12(2,3)11(16)14(7)9-10-15(8)13(4,5)6;1-11(2,3)10(15)14(7)9-8-13-12(4,5)6/h9-12H,1-8H3;11H2,1-10H3;11,17H,9-10H2,1-8H3;9-11H2,1-8H3;9-10H2,1-8H3;13H,8-9H2,1-7H3. The number of likely N-dealkylation sites (N-methyl/N-ethyl adjacent to an activating group) is 9. The summed E-state index contributed by atoms with van der Waals surface area (Å²) < 4.78 is 0. The van der Waals surface area contributed by atoms with Gasteiger partial charge < -0.3 is 44.7 Å². The minimum Gasteiger partial charge on any atom is -0.394 e. The van der Waals surface area contributed by atoms with Crippen LogP contribution in [0.1, 0.15) is 270 Å². The van der Waals surface area contributed by atoms with Crippen molar-refractivity contribution in [2.24, 2.45) is 32.5 Å². The zero-order valence-corrected chi connectivity index (χ0v) is 77.8. The first-order valence-corrected chi connectivity index (χ1v) is 38.2. The Kier molecular flexibility index (Phi) is 44.3. The van der Waals surface area contributed by atoms with Gasteiger partial charge in [-0.3, -0.25) is 48.4 Å². The molecule has 1 unspecified atom stereocenters. The maximum Gasteiger partial charge on any atom is 0.232 e. The minimum atomic E-state index is -0.414. The largest absolute Gasteiger partial charge is 0.394 e. The fourth-order valence-corrected chi connectivity index (χ4v) is 9.36. The molecule has 6 amide bonds. The number of nitrogens with one attached hydrogen (secondary N) is 1. The van der Waals surface area contributed by atoms with Crippen molar-refractivity contribution in [3.8, 4) is 0 Å². The molecule has 19 nitrogen and oxygen atoms in total. The fourth-order valence-electron chi connectivity index (χ4n) is 9.36. The lowest BCUT2D eigenvalue weighted by molar-refractivity contribution is -0.144. The van der Waals surface area contributed by atoms with Crippen molar-refractivity contribution < 1.29 is 33.9 Å². The molecule has 1 rings (SSSR count). The van der Waals surface area contributed by atoms with Crippen molar-refractivity contribution in [1.29, 1.82) is 0 Å². The number of aliphatic hydroxyl groups is 1. The zero-order chi connectivity index (χ0) is 84.7. The number of benzene rings is 1. The molecule has 0 fully saturated rings. The lowest BCUT2D eigenvalue weighted by Gasteiger charge is -2.44. The number of carbonyl (C=O) groups is 6. The summed E-state index contributed by atoms with van der Waals surface area (Å²) in [7, 11) is 19.6. The summed E-state index contributed by atoms with van der Waals surface area (Å²) in [5.41, 5.74) is 0.445. The van der Waals surface area contributed by atoms with Crippen molar-refractivity contribution in [1.82, 2.24) is 49.4 Å². The molecule has 0 radical (unpaired) electrons. The van der Waals surface area contributed by atoms with Crippen molar-refractivity contribution in [2.75, 3.05) is 146 Å². The Hall–Kier alpha value is -4.40. The van der Waals surface area contributed by atoms with Gasteiger partial charge in [0.05, 0.1) is 24.0 Å². The first-order chi connectivity index (χ1) is 45.6. The molecule has 19 heteroatoms. The molecule has 616 valence electrons. The Balaban J connectivity index is -0.000000378. The zero-order valence-electron chi connectivity index (χ0n) is 77.8. The summed E-state index contributed by atoms with van der Waals surface area (Å²) in [6, 6.07) is 7.88. The molecular weight excluding hydrogens is 1300 g/mol. The molecule has 1 atom stereocenters. The monoisotopic (exact) mass is 1480 g/mol. The minimum absolute atomic E-state index is 0.00171. The lowest BCUT2D eigenvalue weighted by Crippen LogP contribution is -2.56. The first-order valence-electron chi connectivity index (χ1n) is 38.2. The van der Waals surface area contributed by atoms with Crippen molar-refractivity contribution in [2.45, 2.75) is 315 Å². The van der Waals surface area contributed by atoms with Gasteiger partial charge in [-0.15, -0.1) is 0 Å². The number of rotatable bonds is 19. The van der Waals surface area contributed by atoms with E-state index < -0.39 is 5.41 Å². The van der Waals surface area contributed by atoms with Gasteiger partial charge in [0, 0.05) is 172 Å². The molecule has 0 bridgehead atoms. The van der Waals surface area contributed by atoms with E-state index in [-0.39, 0.29) is 114 Å². The summed E-state index contributed by atoms with van der Waals surface area (Å²) in [4.78, 5) is 95.0.